The maximum atomic E-state index is 5.19. The molecule has 0 unspecified atom stereocenters. The average Bonchev–Trinajstić information content (AvgIpc) is 3.65. The van der Waals surface area contributed by atoms with E-state index in [1.807, 2.05) is 30.0 Å². The van der Waals surface area contributed by atoms with Gasteiger partial charge in [0.25, 0.3) is 0 Å². The summed E-state index contributed by atoms with van der Waals surface area (Å²) in [5.41, 5.74) is 19.5. The Morgan fingerprint density at radius 3 is 1.29 bits per heavy atom. The van der Waals surface area contributed by atoms with E-state index in [1.54, 1.807) is 0 Å². The lowest BCUT2D eigenvalue weighted by molar-refractivity contribution is 0.723. The van der Waals surface area contributed by atoms with Crippen LogP contribution >= 0.6 is 11.8 Å². The summed E-state index contributed by atoms with van der Waals surface area (Å²) in [6.07, 6.45) is 0. The lowest BCUT2D eigenvalue weighted by Gasteiger charge is -2.40. The molecule has 1 aromatic heterocycles. The monoisotopic (exact) mass is 806 g/mol. The van der Waals surface area contributed by atoms with Gasteiger partial charge < -0.3 is 0 Å². The minimum Gasteiger partial charge on any atom is -0.228 e. The van der Waals surface area contributed by atoms with Crippen LogP contribution in [0.25, 0.3) is 78.4 Å². The normalized spacial score (nSPS) is 12.9. The van der Waals surface area contributed by atoms with Gasteiger partial charge in [-0.05, 0) is 109 Å². The number of rotatable bonds is 6. The zero-order valence-corrected chi connectivity index (χ0v) is 34.6. The molecule has 1 spiro atoms. The molecule has 0 saturated heterocycles. The van der Waals surface area contributed by atoms with Gasteiger partial charge in [-0.3, -0.25) is 0 Å². The molecule has 290 valence electrons. The van der Waals surface area contributed by atoms with Crippen molar-refractivity contribution < 1.29 is 0 Å². The molecule has 2 heterocycles. The predicted octanol–water partition coefficient (Wildman–Crippen LogP) is 15.3. The van der Waals surface area contributed by atoms with E-state index < -0.39 is 5.41 Å². The Hall–Kier alpha value is -7.59. The molecule has 9 aromatic carbocycles. The van der Waals surface area contributed by atoms with Gasteiger partial charge >= 0.3 is 0 Å². The first kappa shape index (κ1) is 36.3. The molecule has 0 radical (unpaired) electrons. The highest BCUT2D eigenvalue weighted by molar-refractivity contribution is 7.99. The molecule has 3 heteroatoms. The molecule has 2 nitrogen and oxygen atoms in total. The van der Waals surface area contributed by atoms with Crippen molar-refractivity contribution in [2.75, 3.05) is 0 Å². The Kier molecular flexibility index (Phi) is 8.69. The highest BCUT2D eigenvalue weighted by Gasteiger charge is 2.50. The van der Waals surface area contributed by atoms with Crippen LogP contribution < -0.4 is 0 Å². The minimum atomic E-state index is -0.413. The molecular weight excluding hydrogens is 769 g/mol. The van der Waals surface area contributed by atoms with Gasteiger partial charge in [-0.1, -0.05) is 200 Å². The molecule has 0 fully saturated rings. The highest BCUT2D eigenvalue weighted by Crippen LogP contribution is 2.62. The SMILES string of the molecule is c1ccc(-c2cccc(-c3cc(-c4cccc(-c5cccc(-c6ccc7c(c6)C6(c8ccccc8S7)c7ccccc7-c7ccccc76)c5)c4)nc(-c4ccccc4)n3)c2)cc1. The number of aromatic nitrogens is 2. The Morgan fingerprint density at radius 1 is 0.274 bits per heavy atom. The Balaban J connectivity index is 0.955. The zero-order chi connectivity index (χ0) is 41.0. The third kappa shape index (κ3) is 5.96. The van der Waals surface area contributed by atoms with Gasteiger partial charge in [0, 0.05) is 26.5 Å². The lowest BCUT2D eigenvalue weighted by Crippen LogP contribution is -2.32. The number of fused-ring (bicyclic) bond motifs is 9. The van der Waals surface area contributed by atoms with Crippen molar-refractivity contribution in [2.24, 2.45) is 0 Å². The lowest BCUT2D eigenvalue weighted by atomic mass is 9.67. The van der Waals surface area contributed by atoms with Crippen LogP contribution in [0.5, 0.6) is 0 Å². The molecule has 0 saturated carbocycles. The molecule has 0 atom stereocenters. The largest absolute Gasteiger partial charge is 0.228 e. The molecule has 2 aliphatic rings. The van der Waals surface area contributed by atoms with E-state index in [9.17, 15) is 0 Å². The first-order chi connectivity index (χ1) is 30.7. The number of hydrogen-bond acceptors (Lipinski definition) is 3. The summed E-state index contributed by atoms with van der Waals surface area (Å²) in [6, 6.07) is 83.4. The van der Waals surface area contributed by atoms with Gasteiger partial charge in [0.05, 0.1) is 16.8 Å². The van der Waals surface area contributed by atoms with E-state index in [0.29, 0.717) is 5.82 Å². The van der Waals surface area contributed by atoms with Crippen LogP contribution in [-0.2, 0) is 5.41 Å². The first-order valence-electron chi connectivity index (χ1n) is 21.1. The summed E-state index contributed by atoms with van der Waals surface area (Å²) in [4.78, 5) is 12.9. The molecule has 0 amide bonds. The van der Waals surface area contributed by atoms with Gasteiger partial charge in [0.2, 0.25) is 0 Å². The van der Waals surface area contributed by atoms with E-state index in [-0.39, 0.29) is 0 Å². The highest BCUT2D eigenvalue weighted by atomic mass is 32.2. The first-order valence-corrected chi connectivity index (χ1v) is 22.0. The maximum Gasteiger partial charge on any atom is 0.160 e. The van der Waals surface area contributed by atoms with Crippen LogP contribution in [0, 0.1) is 0 Å². The molecule has 1 aliphatic carbocycles. The fraction of sp³-hybridized carbons (Fsp3) is 0.0169. The van der Waals surface area contributed by atoms with Gasteiger partial charge in [0.1, 0.15) is 0 Å². The summed E-state index contributed by atoms with van der Waals surface area (Å²) in [5.74, 6) is 0.703. The van der Waals surface area contributed by atoms with Crippen LogP contribution in [0.3, 0.4) is 0 Å². The van der Waals surface area contributed by atoms with Crippen molar-refractivity contribution in [2.45, 2.75) is 15.2 Å². The number of hydrogen-bond donors (Lipinski definition) is 0. The second-order valence-corrected chi connectivity index (χ2v) is 17.2. The van der Waals surface area contributed by atoms with Crippen LogP contribution in [-0.4, -0.2) is 9.97 Å². The topological polar surface area (TPSA) is 25.8 Å². The standard InChI is InChI=1S/C59H38N2S/c1-3-16-39(17-4-1)41-20-14-24-46(35-41)54-38-55(61-58(60-54)40-18-5-2-6-19-40)47-25-15-23-44(36-47)42-21-13-22-43(34-42)45-32-33-57-53(37-45)59(52-30-11-12-31-56(52)62-57)50-28-9-7-26-48(50)49-27-8-10-29-51(49)59/h1-38H. The molecule has 0 bridgehead atoms. The van der Waals surface area contributed by atoms with Crippen LogP contribution in [0.4, 0.5) is 0 Å². The van der Waals surface area contributed by atoms with E-state index >= 15 is 0 Å². The smallest absolute Gasteiger partial charge is 0.160 e. The summed E-state index contributed by atoms with van der Waals surface area (Å²) in [6.45, 7) is 0. The third-order valence-electron chi connectivity index (χ3n) is 12.6. The quantitative estimate of drug-likeness (QED) is 0.167. The van der Waals surface area contributed by atoms with Crippen molar-refractivity contribution in [1.82, 2.24) is 9.97 Å². The number of nitrogens with zero attached hydrogens (tertiary/aromatic N) is 2. The Morgan fingerprint density at radius 2 is 0.694 bits per heavy atom. The fourth-order valence-corrected chi connectivity index (χ4v) is 10.9. The van der Waals surface area contributed by atoms with Crippen LogP contribution in [0.1, 0.15) is 22.3 Å². The van der Waals surface area contributed by atoms with Crippen molar-refractivity contribution in [1.29, 1.82) is 0 Å². The van der Waals surface area contributed by atoms with Crippen molar-refractivity contribution in [3.63, 3.8) is 0 Å². The van der Waals surface area contributed by atoms with Crippen LogP contribution in [0.2, 0.25) is 0 Å². The average molecular weight is 807 g/mol. The molecule has 12 rings (SSSR count). The van der Waals surface area contributed by atoms with E-state index in [2.05, 4.69) is 212 Å². The predicted molar refractivity (Wildman–Crippen MR) is 256 cm³/mol. The van der Waals surface area contributed by atoms with Gasteiger partial charge in [-0.25, -0.2) is 9.97 Å². The Labute approximate surface area is 366 Å². The van der Waals surface area contributed by atoms with Crippen molar-refractivity contribution in [3.05, 3.63) is 253 Å². The summed E-state index contributed by atoms with van der Waals surface area (Å²) >= 11 is 1.88. The summed E-state index contributed by atoms with van der Waals surface area (Å²) in [5, 5.41) is 0. The van der Waals surface area contributed by atoms with Gasteiger partial charge in [0.15, 0.2) is 5.82 Å². The van der Waals surface area contributed by atoms with Gasteiger partial charge in [-0.2, -0.15) is 0 Å². The molecule has 1 aliphatic heterocycles. The minimum absolute atomic E-state index is 0.413. The maximum absolute atomic E-state index is 5.19. The summed E-state index contributed by atoms with van der Waals surface area (Å²) in [7, 11) is 0. The second-order valence-electron chi connectivity index (χ2n) is 16.1. The van der Waals surface area contributed by atoms with Crippen molar-refractivity contribution >= 4 is 11.8 Å². The van der Waals surface area contributed by atoms with Crippen molar-refractivity contribution in [3.8, 4) is 78.4 Å². The molecule has 62 heavy (non-hydrogen) atoms. The fourth-order valence-electron chi connectivity index (χ4n) is 9.72. The number of benzene rings is 9. The third-order valence-corrected chi connectivity index (χ3v) is 13.7. The van der Waals surface area contributed by atoms with E-state index in [4.69, 9.17) is 9.97 Å². The zero-order valence-electron chi connectivity index (χ0n) is 33.7. The van der Waals surface area contributed by atoms with E-state index in [1.165, 1.54) is 59.9 Å². The molecular formula is C59H38N2S. The summed E-state index contributed by atoms with van der Waals surface area (Å²) < 4.78 is 0. The van der Waals surface area contributed by atoms with E-state index in [0.717, 1.165) is 44.8 Å². The molecule has 10 aromatic rings. The molecule has 0 N–H and O–H groups in total. The second kappa shape index (κ2) is 14.8. The van der Waals surface area contributed by atoms with Gasteiger partial charge in [-0.15, -0.1) is 0 Å². The van der Waals surface area contributed by atoms with Crippen LogP contribution in [0.15, 0.2) is 240 Å². The Bertz CT molecular complexity index is 3290.